The maximum Gasteiger partial charge on any atom is 0.218 e. The van der Waals surface area contributed by atoms with E-state index in [1.165, 1.54) is 0 Å². The van der Waals surface area contributed by atoms with Crippen molar-refractivity contribution in [2.45, 2.75) is 26.7 Å². The van der Waals surface area contributed by atoms with Crippen LogP contribution in [-0.4, -0.2) is 14.9 Å². The molecular weight excluding hydrogens is 272 g/mol. The molecule has 0 atom stereocenters. The molecule has 0 aliphatic carbocycles. The number of hydrogen-bond acceptors (Lipinski definition) is 2. The third-order valence-electron chi connectivity index (χ3n) is 3.86. The second-order valence-electron chi connectivity index (χ2n) is 5.80. The normalized spacial score (nSPS) is 11.1. The number of benzene rings is 2. The zero-order chi connectivity index (χ0) is 15.7. The first-order chi connectivity index (χ1) is 10.6. The fraction of sp³-hybridized carbons (Fsp3) is 0.211. The Morgan fingerprint density at radius 3 is 2.23 bits per heavy atom. The summed E-state index contributed by atoms with van der Waals surface area (Å²) in [7, 11) is 0. The van der Waals surface area contributed by atoms with Gasteiger partial charge in [0.25, 0.3) is 0 Å². The standard InChI is InChI=1S/C19H20N2O/c1-13(2)17-18(15-10-5-4-6-11-15)20-21(19(17)22)16-12-8-7-9-14(16)3/h4-13,22H,1-3H3. The third-order valence-corrected chi connectivity index (χ3v) is 3.86. The minimum Gasteiger partial charge on any atom is -0.493 e. The quantitative estimate of drug-likeness (QED) is 0.761. The molecule has 3 rings (SSSR count). The summed E-state index contributed by atoms with van der Waals surface area (Å²) in [5.74, 6) is 0.413. The van der Waals surface area contributed by atoms with E-state index in [0.29, 0.717) is 0 Å². The van der Waals surface area contributed by atoms with Crippen LogP contribution in [0.4, 0.5) is 0 Å². The smallest absolute Gasteiger partial charge is 0.218 e. The molecule has 0 radical (unpaired) electrons. The lowest BCUT2D eigenvalue weighted by Crippen LogP contribution is -1.98. The molecule has 0 fully saturated rings. The lowest BCUT2D eigenvalue weighted by Gasteiger charge is -2.08. The van der Waals surface area contributed by atoms with Crippen LogP contribution in [0, 0.1) is 6.92 Å². The second kappa shape index (κ2) is 5.68. The highest BCUT2D eigenvalue weighted by atomic mass is 16.3. The van der Waals surface area contributed by atoms with Crippen molar-refractivity contribution >= 4 is 0 Å². The maximum atomic E-state index is 10.7. The number of hydrogen-bond donors (Lipinski definition) is 1. The predicted molar refractivity (Wildman–Crippen MR) is 89.5 cm³/mol. The van der Waals surface area contributed by atoms with Crippen LogP contribution in [0.1, 0.15) is 30.9 Å². The summed E-state index contributed by atoms with van der Waals surface area (Å²) < 4.78 is 1.65. The average Bonchev–Trinajstić information content (AvgIpc) is 2.86. The zero-order valence-corrected chi connectivity index (χ0v) is 13.1. The van der Waals surface area contributed by atoms with Crippen LogP contribution >= 0.6 is 0 Å². The highest BCUT2D eigenvalue weighted by Gasteiger charge is 2.22. The van der Waals surface area contributed by atoms with E-state index in [9.17, 15) is 5.11 Å². The van der Waals surface area contributed by atoms with Gasteiger partial charge in [-0.3, -0.25) is 0 Å². The van der Waals surface area contributed by atoms with Gasteiger partial charge in [0, 0.05) is 11.1 Å². The van der Waals surface area contributed by atoms with Gasteiger partial charge < -0.3 is 5.11 Å². The van der Waals surface area contributed by atoms with Crippen LogP contribution in [-0.2, 0) is 0 Å². The first-order valence-electron chi connectivity index (χ1n) is 7.53. The number of nitrogens with zero attached hydrogens (tertiary/aromatic N) is 2. The van der Waals surface area contributed by atoms with Crippen molar-refractivity contribution in [2.75, 3.05) is 0 Å². The largest absolute Gasteiger partial charge is 0.493 e. The van der Waals surface area contributed by atoms with Gasteiger partial charge >= 0.3 is 0 Å². The number of aryl methyl sites for hydroxylation is 1. The molecule has 3 nitrogen and oxygen atoms in total. The van der Waals surface area contributed by atoms with Gasteiger partial charge in [0.1, 0.15) is 5.69 Å². The highest BCUT2D eigenvalue weighted by molar-refractivity contribution is 5.67. The van der Waals surface area contributed by atoms with Crippen LogP contribution < -0.4 is 0 Å². The molecule has 1 aromatic heterocycles. The van der Waals surface area contributed by atoms with Crippen LogP contribution in [0.5, 0.6) is 5.88 Å². The molecule has 2 aromatic carbocycles. The summed E-state index contributed by atoms with van der Waals surface area (Å²) in [6.45, 7) is 6.17. The van der Waals surface area contributed by atoms with Crippen LogP contribution in [0.2, 0.25) is 0 Å². The topological polar surface area (TPSA) is 38.0 Å². The van der Waals surface area contributed by atoms with Crippen molar-refractivity contribution < 1.29 is 5.11 Å². The predicted octanol–water partition coefficient (Wildman–Crippen LogP) is 4.68. The number of aromatic hydroxyl groups is 1. The van der Waals surface area contributed by atoms with Gasteiger partial charge in [-0.05, 0) is 24.5 Å². The number of aromatic nitrogens is 2. The Labute approximate surface area is 130 Å². The van der Waals surface area contributed by atoms with E-state index in [4.69, 9.17) is 5.10 Å². The summed E-state index contributed by atoms with van der Waals surface area (Å²) in [6, 6.07) is 17.9. The summed E-state index contributed by atoms with van der Waals surface area (Å²) >= 11 is 0. The Morgan fingerprint density at radius 1 is 0.955 bits per heavy atom. The molecule has 0 unspecified atom stereocenters. The van der Waals surface area contributed by atoms with Gasteiger partial charge in [-0.15, -0.1) is 0 Å². The summed E-state index contributed by atoms with van der Waals surface area (Å²) in [5, 5.41) is 15.4. The lowest BCUT2D eigenvalue weighted by atomic mass is 9.99. The Bertz CT molecular complexity index is 788. The fourth-order valence-electron chi connectivity index (χ4n) is 2.73. The van der Waals surface area contributed by atoms with Crippen molar-refractivity contribution in [1.29, 1.82) is 0 Å². The Kier molecular flexibility index (Phi) is 3.72. The van der Waals surface area contributed by atoms with Crippen molar-refractivity contribution in [3.63, 3.8) is 0 Å². The van der Waals surface area contributed by atoms with E-state index in [-0.39, 0.29) is 11.8 Å². The van der Waals surface area contributed by atoms with E-state index in [1.807, 2.05) is 61.5 Å². The molecular formula is C19H20N2O. The Morgan fingerprint density at radius 2 is 1.59 bits per heavy atom. The Hall–Kier alpha value is -2.55. The monoisotopic (exact) mass is 292 g/mol. The average molecular weight is 292 g/mol. The zero-order valence-electron chi connectivity index (χ0n) is 13.1. The van der Waals surface area contributed by atoms with E-state index in [2.05, 4.69) is 13.8 Å². The minimum atomic E-state index is 0.188. The highest BCUT2D eigenvalue weighted by Crippen LogP contribution is 2.37. The van der Waals surface area contributed by atoms with Crippen LogP contribution in [0.25, 0.3) is 16.9 Å². The molecule has 0 bridgehead atoms. The van der Waals surface area contributed by atoms with Gasteiger partial charge in [0.15, 0.2) is 0 Å². The van der Waals surface area contributed by atoms with Gasteiger partial charge in [0.05, 0.1) is 5.69 Å². The van der Waals surface area contributed by atoms with Crippen molar-refractivity contribution in [3.8, 4) is 22.8 Å². The molecule has 3 aromatic rings. The molecule has 0 amide bonds. The number of rotatable bonds is 3. The lowest BCUT2D eigenvalue weighted by molar-refractivity contribution is 0.425. The third kappa shape index (κ3) is 2.39. The molecule has 3 heteroatoms. The molecule has 112 valence electrons. The van der Waals surface area contributed by atoms with Gasteiger partial charge in [-0.1, -0.05) is 62.4 Å². The molecule has 0 saturated carbocycles. The molecule has 1 N–H and O–H groups in total. The molecule has 1 heterocycles. The molecule has 0 spiro atoms. The first-order valence-corrected chi connectivity index (χ1v) is 7.53. The summed E-state index contributed by atoms with van der Waals surface area (Å²) in [6.07, 6.45) is 0. The van der Waals surface area contributed by atoms with Gasteiger partial charge in [0.2, 0.25) is 5.88 Å². The van der Waals surface area contributed by atoms with E-state index in [1.54, 1.807) is 4.68 Å². The van der Waals surface area contributed by atoms with E-state index >= 15 is 0 Å². The SMILES string of the molecule is Cc1ccccc1-n1nc(-c2ccccc2)c(C(C)C)c1O. The van der Waals surface area contributed by atoms with Crippen molar-refractivity contribution in [1.82, 2.24) is 9.78 Å². The van der Waals surface area contributed by atoms with Gasteiger partial charge in [-0.25, -0.2) is 4.68 Å². The Balaban J connectivity index is 2.25. The van der Waals surface area contributed by atoms with Crippen LogP contribution in [0.3, 0.4) is 0 Å². The van der Waals surface area contributed by atoms with E-state index < -0.39 is 0 Å². The molecule has 0 saturated heterocycles. The maximum absolute atomic E-state index is 10.7. The van der Waals surface area contributed by atoms with Gasteiger partial charge in [-0.2, -0.15) is 5.10 Å². The van der Waals surface area contributed by atoms with E-state index in [0.717, 1.165) is 28.1 Å². The van der Waals surface area contributed by atoms with Crippen molar-refractivity contribution in [3.05, 3.63) is 65.7 Å². The van der Waals surface area contributed by atoms with Crippen LogP contribution in [0.15, 0.2) is 54.6 Å². The molecule has 0 aliphatic rings. The molecule has 22 heavy (non-hydrogen) atoms. The fourth-order valence-corrected chi connectivity index (χ4v) is 2.73. The van der Waals surface area contributed by atoms with Crippen molar-refractivity contribution in [2.24, 2.45) is 0 Å². The minimum absolute atomic E-state index is 0.188. The summed E-state index contributed by atoms with van der Waals surface area (Å²) in [5.41, 5.74) is 4.74. The summed E-state index contributed by atoms with van der Waals surface area (Å²) in [4.78, 5) is 0. The first kappa shape index (κ1) is 14.4. The number of para-hydroxylation sites is 1. The second-order valence-corrected chi connectivity index (χ2v) is 5.80. The molecule has 0 aliphatic heterocycles.